The van der Waals surface area contributed by atoms with Crippen LogP contribution >= 0.6 is 0 Å². The Kier molecular flexibility index (Phi) is 5.51. The minimum absolute atomic E-state index is 0.00500. The molecule has 6 nitrogen and oxygen atoms in total. The van der Waals surface area contributed by atoms with Gasteiger partial charge in [0.15, 0.2) is 0 Å². The number of nitrogens with zero attached hydrogens (tertiary/aromatic N) is 3. The monoisotopic (exact) mass is 325 g/mol. The van der Waals surface area contributed by atoms with Gasteiger partial charge in [0.25, 0.3) is 5.56 Å². The Balaban J connectivity index is 2.56. The molecule has 1 N–H and O–H groups in total. The number of aromatic hydroxyl groups is 1. The molecular weight excluding hydrogens is 306 g/mol. The number of methoxy groups -OCH3 is 1. The fourth-order valence-corrected chi connectivity index (χ4v) is 2.36. The maximum Gasteiger partial charge on any atom is 0.271 e. The van der Waals surface area contributed by atoms with Crippen molar-refractivity contribution in [1.29, 1.82) is 5.26 Å². The summed E-state index contributed by atoms with van der Waals surface area (Å²) in [6, 6.07) is 9.48. The molecule has 2 aromatic rings. The van der Waals surface area contributed by atoms with Crippen molar-refractivity contribution < 1.29 is 9.84 Å². The fourth-order valence-electron chi connectivity index (χ4n) is 2.36. The second kappa shape index (κ2) is 7.57. The molecule has 24 heavy (non-hydrogen) atoms. The first-order chi connectivity index (χ1) is 11.5. The lowest BCUT2D eigenvalue weighted by atomic mass is 10.1. The average Bonchev–Trinajstić information content (AvgIpc) is 2.55. The number of benzene rings is 1. The molecule has 0 radical (unpaired) electrons. The van der Waals surface area contributed by atoms with Crippen molar-refractivity contribution in [2.75, 3.05) is 13.7 Å². The molecule has 124 valence electrons. The van der Waals surface area contributed by atoms with Crippen LogP contribution in [0.25, 0.3) is 0 Å². The van der Waals surface area contributed by atoms with E-state index in [0.29, 0.717) is 11.1 Å². The molecule has 0 aliphatic rings. The van der Waals surface area contributed by atoms with Gasteiger partial charge in [-0.15, -0.1) is 0 Å². The minimum Gasteiger partial charge on any atom is -0.494 e. The molecule has 0 aliphatic heterocycles. The van der Waals surface area contributed by atoms with Crippen LogP contribution in [0.3, 0.4) is 0 Å². The van der Waals surface area contributed by atoms with Crippen LogP contribution in [-0.2, 0) is 11.3 Å². The fraction of sp³-hybridized carbons (Fsp3) is 0.278. The average molecular weight is 325 g/mol. The molecule has 0 aliphatic carbocycles. The third-order valence-corrected chi connectivity index (χ3v) is 3.71. The van der Waals surface area contributed by atoms with E-state index in [1.807, 2.05) is 37.3 Å². The lowest BCUT2D eigenvalue weighted by Crippen LogP contribution is -2.26. The number of nitriles is 1. The second-order valence-electron chi connectivity index (χ2n) is 5.40. The highest BCUT2D eigenvalue weighted by atomic mass is 16.5. The predicted molar refractivity (Wildman–Crippen MR) is 92.1 cm³/mol. The lowest BCUT2D eigenvalue weighted by molar-refractivity contribution is 0.182. The Morgan fingerprint density at radius 1 is 1.42 bits per heavy atom. The summed E-state index contributed by atoms with van der Waals surface area (Å²) in [5.41, 5.74) is 2.01. The molecule has 0 unspecified atom stereocenters. The zero-order chi connectivity index (χ0) is 17.7. The Morgan fingerprint density at radius 2 is 2.17 bits per heavy atom. The Labute approximate surface area is 140 Å². The molecule has 0 amide bonds. The normalized spacial score (nSPS) is 10.9. The van der Waals surface area contributed by atoms with Crippen molar-refractivity contribution in [3.8, 4) is 11.9 Å². The molecule has 6 heteroatoms. The van der Waals surface area contributed by atoms with E-state index in [0.717, 1.165) is 15.8 Å². The summed E-state index contributed by atoms with van der Waals surface area (Å²) >= 11 is 0. The molecule has 1 heterocycles. The molecule has 0 saturated heterocycles. The maximum atomic E-state index is 12.3. The van der Waals surface area contributed by atoms with Crippen molar-refractivity contribution in [3.63, 3.8) is 0 Å². The molecular formula is C18H19N3O3. The van der Waals surface area contributed by atoms with Gasteiger partial charge in [-0.1, -0.05) is 12.1 Å². The van der Waals surface area contributed by atoms with Crippen LogP contribution in [0.15, 0.2) is 34.1 Å². The number of hydrogen-bond acceptors (Lipinski definition) is 5. The van der Waals surface area contributed by atoms with Crippen molar-refractivity contribution >= 4 is 11.9 Å². The molecule has 0 spiro atoms. The van der Waals surface area contributed by atoms with Gasteiger partial charge in [0.1, 0.15) is 11.6 Å². The van der Waals surface area contributed by atoms with E-state index in [1.54, 1.807) is 6.92 Å². The molecule has 1 aromatic carbocycles. The van der Waals surface area contributed by atoms with Gasteiger partial charge in [0.05, 0.1) is 24.4 Å². The predicted octanol–water partition coefficient (Wildman–Crippen LogP) is 2.44. The number of aliphatic imine (C=N–C) groups is 1. The van der Waals surface area contributed by atoms with E-state index in [-0.39, 0.29) is 24.6 Å². The number of aromatic nitrogens is 1. The number of aryl methyl sites for hydroxylation is 1. The van der Waals surface area contributed by atoms with Gasteiger partial charge in [-0.05, 0) is 37.1 Å². The van der Waals surface area contributed by atoms with Crippen LogP contribution in [-0.4, -0.2) is 29.6 Å². The molecule has 0 fully saturated rings. The zero-order valence-corrected chi connectivity index (χ0v) is 13.9. The van der Waals surface area contributed by atoms with Crippen molar-refractivity contribution in [1.82, 2.24) is 4.57 Å². The summed E-state index contributed by atoms with van der Waals surface area (Å²) in [4.78, 5) is 16.6. The number of pyridine rings is 1. The summed E-state index contributed by atoms with van der Waals surface area (Å²) in [6.45, 7) is 3.98. The first kappa shape index (κ1) is 17.4. The maximum absolute atomic E-state index is 12.3. The van der Waals surface area contributed by atoms with Crippen LogP contribution in [0.4, 0.5) is 5.69 Å². The smallest absolute Gasteiger partial charge is 0.271 e. The summed E-state index contributed by atoms with van der Waals surface area (Å²) < 4.78 is 6.09. The third-order valence-electron chi connectivity index (χ3n) is 3.71. The summed E-state index contributed by atoms with van der Waals surface area (Å²) in [6.07, 6.45) is 1.48. The van der Waals surface area contributed by atoms with Gasteiger partial charge in [-0.2, -0.15) is 5.26 Å². The number of hydrogen-bond donors (Lipinski definition) is 1. The highest BCUT2D eigenvalue weighted by Crippen LogP contribution is 2.21. The Hall–Kier alpha value is -2.91. The van der Waals surface area contributed by atoms with Gasteiger partial charge < -0.3 is 9.84 Å². The van der Waals surface area contributed by atoms with E-state index in [4.69, 9.17) is 4.74 Å². The van der Waals surface area contributed by atoms with Crippen LogP contribution < -0.4 is 5.56 Å². The van der Waals surface area contributed by atoms with E-state index in [2.05, 4.69) is 4.99 Å². The molecule has 0 bridgehead atoms. The Bertz CT molecular complexity index is 876. The van der Waals surface area contributed by atoms with Crippen molar-refractivity contribution in [3.05, 3.63) is 56.9 Å². The number of ether oxygens (including phenoxy) is 1. The van der Waals surface area contributed by atoms with Gasteiger partial charge >= 0.3 is 0 Å². The van der Waals surface area contributed by atoms with Crippen LogP contribution in [0.2, 0.25) is 0 Å². The molecule has 1 aromatic heterocycles. The molecule has 0 saturated carbocycles. The zero-order valence-electron chi connectivity index (χ0n) is 13.9. The minimum atomic E-state index is -0.530. The first-order valence-corrected chi connectivity index (χ1v) is 7.45. The largest absolute Gasteiger partial charge is 0.494 e. The topological polar surface area (TPSA) is 87.6 Å². The third kappa shape index (κ3) is 3.53. The second-order valence-corrected chi connectivity index (χ2v) is 5.40. The quantitative estimate of drug-likeness (QED) is 0.855. The summed E-state index contributed by atoms with van der Waals surface area (Å²) in [5, 5.41) is 19.7. The van der Waals surface area contributed by atoms with Gasteiger partial charge in [0, 0.05) is 13.3 Å². The SMILES string of the molecule is COCCn1c(O)c(C=Nc2cccc(C)c2)c(C)c(C#N)c1=O. The van der Waals surface area contributed by atoms with Crippen LogP contribution in [0, 0.1) is 25.2 Å². The van der Waals surface area contributed by atoms with Gasteiger partial charge in [0.2, 0.25) is 5.88 Å². The first-order valence-electron chi connectivity index (χ1n) is 7.45. The van der Waals surface area contributed by atoms with Gasteiger partial charge in [-0.3, -0.25) is 14.4 Å². The highest BCUT2D eigenvalue weighted by Gasteiger charge is 2.17. The van der Waals surface area contributed by atoms with Crippen LogP contribution in [0.1, 0.15) is 22.3 Å². The Morgan fingerprint density at radius 3 is 2.79 bits per heavy atom. The molecule has 0 atom stereocenters. The van der Waals surface area contributed by atoms with E-state index in [9.17, 15) is 15.2 Å². The summed E-state index contributed by atoms with van der Waals surface area (Å²) in [5.74, 6) is -0.218. The van der Waals surface area contributed by atoms with E-state index in [1.165, 1.54) is 13.3 Å². The highest BCUT2D eigenvalue weighted by molar-refractivity contribution is 5.87. The van der Waals surface area contributed by atoms with E-state index >= 15 is 0 Å². The van der Waals surface area contributed by atoms with Crippen molar-refractivity contribution in [2.24, 2.45) is 4.99 Å². The molecule has 2 rings (SSSR count). The van der Waals surface area contributed by atoms with Crippen LogP contribution in [0.5, 0.6) is 5.88 Å². The standard InChI is InChI=1S/C18H19N3O3/c1-12-5-4-6-14(9-12)20-11-16-13(2)15(10-19)17(22)21(18(16)23)7-8-24-3/h4-6,9,11,23H,7-8H2,1-3H3. The number of rotatable bonds is 5. The summed E-state index contributed by atoms with van der Waals surface area (Å²) in [7, 11) is 1.50. The van der Waals surface area contributed by atoms with E-state index < -0.39 is 5.56 Å². The van der Waals surface area contributed by atoms with Gasteiger partial charge in [-0.25, -0.2) is 0 Å². The lowest BCUT2D eigenvalue weighted by Gasteiger charge is -2.13. The van der Waals surface area contributed by atoms with Crippen molar-refractivity contribution in [2.45, 2.75) is 20.4 Å².